The first-order valence-corrected chi connectivity index (χ1v) is 8.68. The third-order valence-corrected chi connectivity index (χ3v) is 4.41. The van der Waals surface area contributed by atoms with Crippen LogP contribution in [-0.2, 0) is 0 Å². The molecule has 0 aliphatic rings. The number of nitrogens with two attached hydrogens (primary N) is 1. The molecule has 3 heterocycles. The molecule has 4 aromatic rings. The maximum atomic E-state index is 11.6. The topological polar surface area (TPSA) is 110 Å². The number of fused-ring (bicyclic) bond motifs is 1. The lowest BCUT2D eigenvalue weighted by Crippen LogP contribution is -2.13. The number of carbonyl (C=O) groups excluding carboxylic acids is 1. The summed E-state index contributed by atoms with van der Waals surface area (Å²) < 4.78 is 1.57. The van der Waals surface area contributed by atoms with E-state index >= 15 is 0 Å². The van der Waals surface area contributed by atoms with Crippen LogP contribution in [0.25, 0.3) is 28.0 Å². The van der Waals surface area contributed by atoms with Gasteiger partial charge in [0.05, 0.1) is 17.2 Å². The van der Waals surface area contributed by atoms with E-state index in [4.69, 9.17) is 17.3 Å². The highest BCUT2D eigenvalue weighted by Crippen LogP contribution is 2.35. The fraction of sp³-hybridized carbons (Fsp3) is 0.0500. The summed E-state index contributed by atoms with van der Waals surface area (Å²) in [6.07, 6.45) is 1.62. The molecule has 0 bridgehead atoms. The Kier molecular flexibility index (Phi) is 4.26. The van der Waals surface area contributed by atoms with Crippen molar-refractivity contribution in [3.05, 3.63) is 70.8 Å². The lowest BCUT2D eigenvalue weighted by molar-refractivity contribution is 0.0995. The van der Waals surface area contributed by atoms with Gasteiger partial charge in [-0.15, -0.1) is 0 Å². The summed E-state index contributed by atoms with van der Waals surface area (Å²) >= 11 is 6.17. The van der Waals surface area contributed by atoms with Crippen LogP contribution in [0, 0.1) is 18.3 Å². The molecular weight excluding hydrogens is 376 g/mol. The fourth-order valence-corrected chi connectivity index (χ4v) is 3.29. The van der Waals surface area contributed by atoms with Crippen molar-refractivity contribution in [3.8, 4) is 28.5 Å². The van der Waals surface area contributed by atoms with Gasteiger partial charge in [-0.1, -0.05) is 23.7 Å². The van der Waals surface area contributed by atoms with Gasteiger partial charge in [0.2, 0.25) is 0 Å². The van der Waals surface area contributed by atoms with Crippen LogP contribution in [0.15, 0.2) is 48.7 Å². The van der Waals surface area contributed by atoms with E-state index in [-0.39, 0.29) is 5.69 Å². The average molecular weight is 389 g/mol. The number of primary amides is 1. The van der Waals surface area contributed by atoms with Gasteiger partial charge in [-0.3, -0.25) is 4.79 Å². The van der Waals surface area contributed by atoms with Gasteiger partial charge in [-0.25, -0.2) is 14.5 Å². The molecule has 0 spiro atoms. The summed E-state index contributed by atoms with van der Waals surface area (Å²) in [7, 11) is 0. The maximum Gasteiger partial charge on any atom is 0.267 e. The Labute approximate surface area is 165 Å². The van der Waals surface area contributed by atoms with Crippen LogP contribution in [0.2, 0.25) is 5.15 Å². The summed E-state index contributed by atoms with van der Waals surface area (Å²) in [5, 5.41) is 14.2. The second kappa shape index (κ2) is 6.76. The predicted octanol–water partition coefficient (Wildman–Crippen LogP) is 3.39. The largest absolute Gasteiger partial charge is 0.364 e. The Morgan fingerprint density at radius 2 is 2.00 bits per heavy atom. The van der Waals surface area contributed by atoms with E-state index < -0.39 is 5.91 Å². The summed E-state index contributed by atoms with van der Waals surface area (Å²) in [6.45, 7) is 1.83. The lowest BCUT2D eigenvalue weighted by Gasteiger charge is -2.06. The highest BCUT2D eigenvalue weighted by molar-refractivity contribution is 6.29. The minimum Gasteiger partial charge on any atom is -0.364 e. The maximum absolute atomic E-state index is 11.6. The van der Waals surface area contributed by atoms with E-state index in [1.165, 1.54) is 6.07 Å². The number of halogens is 1. The molecule has 0 unspecified atom stereocenters. The molecule has 2 N–H and O–H groups in total. The van der Waals surface area contributed by atoms with Gasteiger partial charge in [-0.05, 0) is 42.8 Å². The van der Waals surface area contributed by atoms with Crippen LogP contribution in [0.4, 0.5) is 0 Å². The van der Waals surface area contributed by atoms with E-state index in [0.29, 0.717) is 27.6 Å². The fourth-order valence-electron chi connectivity index (χ4n) is 3.04. The average Bonchev–Trinajstić information content (AvgIpc) is 3.06. The van der Waals surface area contributed by atoms with Gasteiger partial charge in [0.15, 0.2) is 5.65 Å². The van der Waals surface area contributed by atoms with E-state index in [9.17, 15) is 10.1 Å². The molecule has 28 heavy (non-hydrogen) atoms. The van der Waals surface area contributed by atoms with Crippen molar-refractivity contribution in [3.63, 3.8) is 0 Å². The van der Waals surface area contributed by atoms with Crippen molar-refractivity contribution in [2.24, 2.45) is 5.73 Å². The highest BCUT2D eigenvalue weighted by atomic mass is 35.5. The third kappa shape index (κ3) is 3.06. The van der Waals surface area contributed by atoms with Gasteiger partial charge in [-0.2, -0.15) is 10.4 Å². The van der Waals surface area contributed by atoms with Crippen molar-refractivity contribution in [1.29, 1.82) is 5.26 Å². The normalized spacial score (nSPS) is 10.8. The van der Waals surface area contributed by atoms with Crippen LogP contribution in [-0.4, -0.2) is 25.5 Å². The Bertz CT molecular complexity index is 1270. The molecule has 3 aromatic heterocycles. The van der Waals surface area contributed by atoms with Gasteiger partial charge in [0.25, 0.3) is 5.91 Å². The molecule has 1 aromatic carbocycles. The quantitative estimate of drug-likeness (QED) is 0.541. The van der Waals surface area contributed by atoms with Gasteiger partial charge < -0.3 is 5.73 Å². The standard InChI is InChI=1S/C20H13ClN6O/c1-11-7-14(9-16(21)24-11)17-18(13-4-2-3-12(8-13)10-22)26-27-6-5-15(19(23)28)25-20(17)27/h2-9H,1H3,(H2,23,28). The van der Waals surface area contributed by atoms with E-state index in [0.717, 1.165) is 16.8 Å². The molecule has 0 aliphatic carbocycles. The molecule has 136 valence electrons. The van der Waals surface area contributed by atoms with Crippen molar-refractivity contribution in [2.75, 3.05) is 0 Å². The first-order valence-electron chi connectivity index (χ1n) is 8.30. The number of hydrogen-bond donors (Lipinski definition) is 1. The minimum atomic E-state index is -0.633. The van der Waals surface area contributed by atoms with Gasteiger partial charge >= 0.3 is 0 Å². The van der Waals surface area contributed by atoms with E-state index in [1.54, 1.807) is 35.0 Å². The number of amides is 1. The summed E-state index contributed by atoms with van der Waals surface area (Å²) in [4.78, 5) is 20.2. The Morgan fingerprint density at radius 3 is 2.71 bits per heavy atom. The molecule has 0 saturated heterocycles. The predicted molar refractivity (Wildman–Crippen MR) is 105 cm³/mol. The zero-order chi connectivity index (χ0) is 19.8. The number of rotatable bonds is 3. The first kappa shape index (κ1) is 17.6. The molecular formula is C20H13ClN6O. The van der Waals surface area contributed by atoms with Crippen LogP contribution in [0.1, 0.15) is 21.7 Å². The first-order chi connectivity index (χ1) is 13.5. The summed E-state index contributed by atoms with van der Waals surface area (Å²) in [5.41, 5.74) is 9.98. The van der Waals surface area contributed by atoms with Crippen molar-refractivity contribution in [1.82, 2.24) is 19.6 Å². The second-order valence-corrected chi connectivity index (χ2v) is 6.57. The number of hydrogen-bond acceptors (Lipinski definition) is 5. The number of benzene rings is 1. The number of carbonyl (C=O) groups is 1. The van der Waals surface area contributed by atoms with E-state index in [2.05, 4.69) is 21.1 Å². The zero-order valence-corrected chi connectivity index (χ0v) is 15.5. The van der Waals surface area contributed by atoms with Crippen molar-refractivity contribution < 1.29 is 4.79 Å². The van der Waals surface area contributed by atoms with Gasteiger partial charge in [0, 0.05) is 17.5 Å². The van der Waals surface area contributed by atoms with Crippen LogP contribution >= 0.6 is 11.6 Å². The molecule has 0 aliphatic heterocycles. The Hall–Kier alpha value is -3.76. The summed E-state index contributed by atoms with van der Waals surface area (Å²) in [5.74, 6) is -0.633. The molecule has 0 atom stereocenters. The van der Waals surface area contributed by atoms with Crippen LogP contribution < -0.4 is 5.73 Å². The second-order valence-electron chi connectivity index (χ2n) is 6.18. The molecule has 0 radical (unpaired) electrons. The third-order valence-electron chi connectivity index (χ3n) is 4.21. The van der Waals surface area contributed by atoms with E-state index in [1.807, 2.05) is 19.1 Å². The molecule has 0 fully saturated rings. The SMILES string of the molecule is Cc1cc(-c2c(-c3cccc(C#N)c3)nn3ccc(C(N)=O)nc23)cc(Cl)n1. The van der Waals surface area contributed by atoms with Crippen LogP contribution in [0.5, 0.6) is 0 Å². The molecule has 4 rings (SSSR count). The molecule has 8 heteroatoms. The Balaban J connectivity index is 2.09. The molecule has 7 nitrogen and oxygen atoms in total. The number of aryl methyl sites for hydroxylation is 1. The van der Waals surface area contributed by atoms with Crippen LogP contribution in [0.3, 0.4) is 0 Å². The Morgan fingerprint density at radius 1 is 1.18 bits per heavy atom. The van der Waals surface area contributed by atoms with Gasteiger partial charge in [0.1, 0.15) is 16.5 Å². The zero-order valence-electron chi connectivity index (χ0n) is 14.7. The molecule has 0 saturated carbocycles. The van der Waals surface area contributed by atoms with Crippen molar-refractivity contribution in [2.45, 2.75) is 6.92 Å². The lowest BCUT2D eigenvalue weighted by atomic mass is 10.00. The number of pyridine rings is 1. The van der Waals surface area contributed by atoms with Crippen molar-refractivity contribution >= 4 is 23.2 Å². The minimum absolute atomic E-state index is 0.128. The number of aromatic nitrogens is 4. The smallest absolute Gasteiger partial charge is 0.267 e. The highest BCUT2D eigenvalue weighted by Gasteiger charge is 2.20. The molecule has 1 amide bonds. The number of nitriles is 1. The number of nitrogens with zero attached hydrogens (tertiary/aromatic N) is 5. The monoisotopic (exact) mass is 388 g/mol. The summed E-state index contributed by atoms with van der Waals surface area (Å²) in [6, 6.07) is 14.3.